The van der Waals surface area contributed by atoms with E-state index in [9.17, 15) is 13.2 Å². The van der Waals surface area contributed by atoms with Crippen LogP contribution in [0.2, 0.25) is 0 Å². The molecule has 0 spiro atoms. The van der Waals surface area contributed by atoms with Gasteiger partial charge in [-0.15, -0.1) is 0 Å². The van der Waals surface area contributed by atoms with Gasteiger partial charge in [-0.05, 0) is 72.7 Å². The molecule has 0 radical (unpaired) electrons. The molecule has 0 heterocycles. The Balaban J connectivity index is 1.90. The maximum atomic E-state index is 13.0. The fourth-order valence-corrected chi connectivity index (χ4v) is 4.54. The summed E-state index contributed by atoms with van der Waals surface area (Å²) in [6, 6.07) is 22.2. The highest BCUT2D eigenvalue weighted by Crippen LogP contribution is 2.31. The highest BCUT2D eigenvalue weighted by atomic mass is 19.4. The lowest BCUT2D eigenvalue weighted by molar-refractivity contribution is -0.137. The molecule has 2 N–H and O–H groups in total. The molecular formula is C30H37F3N2O. The van der Waals surface area contributed by atoms with Crippen LogP contribution in [0.15, 0.2) is 72.8 Å². The van der Waals surface area contributed by atoms with Crippen molar-refractivity contribution in [3.63, 3.8) is 0 Å². The minimum Gasteiger partial charge on any atom is -0.496 e. The van der Waals surface area contributed by atoms with E-state index < -0.39 is 11.7 Å². The lowest BCUT2D eigenvalue weighted by Crippen LogP contribution is -2.33. The third-order valence-corrected chi connectivity index (χ3v) is 6.35. The number of ether oxygens (including phenoxy) is 1. The molecule has 0 aliphatic rings. The van der Waals surface area contributed by atoms with E-state index in [0.717, 1.165) is 41.8 Å². The highest BCUT2D eigenvalue weighted by Gasteiger charge is 2.30. The van der Waals surface area contributed by atoms with Gasteiger partial charge in [-0.2, -0.15) is 13.2 Å². The van der Waals surface area contributed by atoms with E-state index in [-0.39, 0.29) is 12.1 Å². The summed E-state index contributed by atoms with van der Waals surface area (Å²) in [5.74, 6) is 1.36. The molecule has 0 saturated carbocycles. The number of alkyl halides is 3. The summed E-state index contributed by atoms with van der Waals surface area (Å²) in [5.41, 5.74) is 3.76. The largest absolute Gasteiger partial charge is 0.496 e. The van der Waals surface area contributed by atoms with Crippen LogP contribution < -0.4 is 15.4 Å². The van der Waals surface area contributed by atoms with E-state index in [1.807, 2.05) is 31.3 Å². The summed E-state index contributed by atoms with van der Waals surface area (Å²) in [4.78, 5) is 0. The van der Waals surface area contributed by atoms with Gasteiger partial charge in [-0.1, -0.05) is 68.4 Å². The van der Waals surface area contributed by atoms with Crippen molar-refractivity contribution < 1.29 is 17.9 Å². The molecule has 3 nitrogen and oxygen atoms in total. The minimum absolute atomic E-state index is 0.00247. The molecule has 3 aromatic carbocycles. The van der Waals surface area contributed by atoms with E-state index in [1.165, 1.54) is 17.7 Å². The van der Waals surface area contributed by atoms with Crippen molar-refractivity contribution in [2.75, 3.05) is 20.7 Å². The molecule has 0 aromatic heterocycles. The molecular weight excluding hydrogens is 461 g/mol. The summed E-state index contributed by atoms with van der Waals surface area (Å²) >= 11 is 0. The smallest absolute Gasteiger partial charge is 0.416 e. The number of rotatable bonds is 12. The van der Waals surface area contributed by atoms with Crippen LogP contribution in [-0.4, -0.2) is 20.7 Å². The van der Waals surface area contributed by atoms with Crippen molar-refractivity contribution in [3.8, 4) is 5.75 Å². The second-order valence-electron chi connectivity index (χ2n) is 9.64. The molecule has 0 amide bonds. The number of likely N-dealkylation sites (N-methyl/N-ethyl adjacent to an activating group) is 1. The van der Waals surface area contributed by atoms with Crippen molar-refractivity contribution in [1.82, 2.24) is 10.6 Å². The van der Waals surface area contributed by atoms with E-state index in [1.54, 1.807) is 19.2 Å². The van der Waals surface area contributed by atoms with Gasteiger partial charge in [0.1, 0.15) is 5.75 Å². The molecule has 36 heavy (non-hydrogen) atoms. The van der Waals surface area contributed by atoms with Crippen molar-refractivity contribution in [2.45, 2.75) is 51.4 Å². The van der Waals surface area contributed by atoms with Gasteiger partial charge in [0, 0.05) is 18.6 Å². The van der Waals surface area contributed by atoms with Crippen molar-refractivity contribution in [1.29, 1.82) is 0 Å². The number of benzene rings is 3. The Kier molecular flexibility index (Phi) is 9.97. The van der Waals surface area contributed by atoms with Crippen molar-refractivity contribution in [2.24, 2.45) is 5.92 Å². The van der Waals surface area contributed by atoms with Crippen molar-refractivity contribution in [3.05, 3.63) is 101 Å². The highest BCUT2D eigenvalue weighted by molar-refractivity contribution is 5.39. The van der Waals surface area contributed by atoms with E-state index >= 15 is 0 Å². The summed E-state index contributed by atoms with van der Waals surface area (Å²) in [7, 11) is 3.63. The summed E-state index contributed by atoms with van der Waals surface area (Å²) < 4.78 is 44.6. The SMILES string of the molecule is CNC[C@H](N[C@@H](CCc1ccc(C(F)(F)F)cc1)c1ccc(OC)c(CC(C)C)c1)c1ccccc1. The predicted molar refractivity (Wildman–Crippen MR) is 140 cm³/mol. The van der Waals surface area contributed by atoms with Gasteiger partial charge in [0.2, 0.25) is 0 Å². The number of nitrogens with one attached hydrogen (secondary N) is 2. The average molecular weight is 499 g/mol. The Labute approximate surface area is 213 Å². The topological polar surface area (TPSA) is 33.3 Å². The quantitative estimate of drug-likeness (QED) is 0.279. The molecule has 0 aliphatic heterocycles. The zero-order valence-electron chi connectivity index (χ0n) is 21.5. The Bertz CT molecular complexity index is 1070. The summed E-state index contributed by atoms with van der Waals surface area (Å²) in [5, 5.41) is 7.11. The molecule has 0 aliphatic carbocycles. The lowest BCUT2D eigenvalue weighted by Gasteiger charge is -2.28. The van der Waals surface area contributed by atoms with Crippen LogP contribution >= 0.6 is 0 Å². The molecule has 0 bridgehead atoms. The third-order valence-electron chi connectivity index (χ3n) is 6.35. The molecule has 6 heteroatoms. The van der Waals surface area contributed by atoms with Crippen LogP contribution in [0, 0.1) is 5.92 Å². The van der Waals surface area contributed by atoms with Gasteiger partial charge in [-0.3, -0.25) is 0 Å². The lowest BCUT2D eigenvalue weighted by atomic mass is 9.93. The average Bonchev–Trinajstić information content (AvgIpc) is 2.86. The van der Waals surface area contributed by atoms with E-state index in [2.05, 4.69) is 48.7 Å². The Morgan fingerprint density at radius 2 is 1.56 bits per heavy atom. The number of hydrogen-bond donors (Lipinski definition) is 2. The predicted octanol–water partition coefficient (Wildman–Crippen LogP) is 7.14. The van der Waals surface area contributed by atoms with E-state index in [4.69, 9.17) is 4.74 Å². The van der Waals surface area contributed by atoms with Gasteiger partial charge >= 0.3 is 6.18 Å². The van der Waals surface area contributed by atoms with Crippen LogP contribution in [0.25, 0.3) is 0 Å². The number of methoxy groups -OCH3 is 1. The van der Waals surface area contributed by atoms with Gasteiger partial charge < -0.3 is 15.4 Å². The first-order valence-electron chi connectivity index (χ1n) is 12.5. The molecule has 2 atom stereocenters. The second-order valence-corrected chi connectivity index (χ2v) is 9.64. The first-order chi connectivity index (χ1) is 17.2. The summed E-state index contributed by atoms with van der Waals surface area (Å²) in [6.07, 6.45) is -2.02. The van der Waals surface area contributed by atoms with Crippen LogP contribution in [-0.2, 0) is 19.0 Å². The van der Waals surface area contributed by atoms with Crippen LogP contribution in [0.3, 0.4) is 0 Å². The maximum absolute atomic E-state index is 13.0. The first-order valence-corrected chi connectivity index (χ1v) is 12.5. The van der Waals surface area contributed by atoms with Crippen LogP contribution in [0.4, 0.5) is 13.2 Å². The standard InChI is InChI=1S/C30H37F3N2O/c1-21(2)18-25-19-24(13-17-29(25)36-4)27(35-28(20-34-3)23-8-6-5-7-9-23)16-12-22-10-14-26(15-11-22)30(31,32)33/h5-11,13-15,17,19,21,27-28,34-35H,12,16,18,20H2,1-4H3/t27-,28-/m0/s1. The Hall–Kier alpha value is -2.83. The Morgan fingerprint density at radius 1 is 0.861 bits per heavy atom. The molecule has 0 unspecified atom stereocenters. The normalized spacial score (nSPS) is 13.6. The fourth-order valence-electron chi connectivity index (χ4n) is 4.54. The number of hydrogen-bond acceptors (Lipinski definition) is 3. The van der Waals surface area contributed by atoms with E-state index in [0.29, 0.717) is 12.3 Å². The monoisotopic (exact) mass is 498 g/mol. The first kappa shape index (κ1) is 27.8. The number of aryl methyl sites for hydroxylation is 1. The van der Waals surface area contributed by atoms with Crippen LogP contribution in [0.5, 0.6) is 5.75 Å². The molecule has 0 saturated heterocycles. The zero-order chi connectivity index (χ0) is 26.1. The minimum atomic E-state index is -4.32. The molecule has 0 fully saturated rings. The van der Waals surface area contributed by atoms with Crippen LogP contribution in [0.1, 0.15) is 60.2 Å². The van der Waals surface area contributed by atoms with Gasteiger partial charge in [0.15, 0.2) is 0 Å². The zero-order valence-corrected chi connectivity index (χ0v) is 21.5. The maximum Gasteiger partial charge on any atom is 0.416 e. The van der Waals surface area contributed by atoms with Gasteiger partial charge in [-0.25, -0.2) is 0 Å². The second kappa shape index (κ2) is 12.9. The fraction of sp³-hybridized carbons (Fsp3) is 0.400. The van der Waals surface area contributed by atoms with Gasteiger partial charge in [0.25, 0.3) is 0 Å². The summed E-state index contributed by atoms with van der Waals surface area (Å²) in [6.45, 7) is 5.12. The molecule has 3 aromatic rings. The molecule has 194 valence electrons. The molecule has 3 rings (SSSR count). The van der Waals surface area contributed by atoms with Gasteiger partial charge in [0.05, 0.1) is 12.7 Å². The van der Waals surface area contributed by atoms with Crippen molar-refractivity contribution >= 4 is 0 Å². The third kappa shape index (κ3) is 7.84. The Morgan fingerprint density at radius 3 is 2.14 bits per heavy atom. The number of halogens is 3.